The molecule has 1 aromatic rings. The molecular weight excluding hydrogens is 262 g/mol. The van der Waals surface area contributed by atoms with Crippen LogP contribution in [0, 0.1) is 0 Å². The second-order valence-electron chi connectivity index (χ2n) is 5.86. The number of amides is 1. The monoisotopic (exact) mass is 289 g/mol. The molecule has 1 saturated carbocycles. The van der Waals surface area contributed by atoms with Crippen molar-refractivity contribution in [3.63, 3.8) is 0 Å². The molecule has 1 fully saturated rings. The lowest BCUT2D eigenvalue weighted by Crippen LogP contribution is -2.41. The Bertz CT molecular complexity index is 454. The summed E-state index contributed by atoms with van der Waals surface area (Å²) in [5, 5.41) is 0. The molecule has 0 bridgehead atoms. The van der Waals surface area contributed by atoms with Crippen molar-refractivity contribution in [1.82, 2.24) is 9.80 Å². The van der Waals surface area contributed by atoms with Crippen LogP contribution in [0.1, 0.15) is 38.7 Å². The molecular formula is C17H27N3O. The van der Waals surface area contributed by atoms with E-state index in [1.54, 1.807) is 0 Å². The Kier molecular flexibility index (Phi) is 5.62. The lowest BCUT2D eigenvalue weighted by Gasteiger charge is -2.26. The first-order chi connectivity index (χ1) is 10.1. The van der Waals surface area contributed by atoms with Crippen molar-refractivity contribution >= 4 is 11.6 Å². The lowest BCUT2D eigenvalue weighted by atomic mass is 10.2. The summed E-state index contributed by atoms with van der Waals surface area (Å²) in [4.78, 5) is 16.7. The zero-order chi connectivity index (χ0) is 15.2. The normalized spacial score (nSPS) is 14.4. The van der Waals surface area contributed by atoms with Gasteiger partial charge >= 0.3 is 0 Å². The minimum atomic E-state index is 0.267. The van der Waals surface area contributed by atoms with Crippen LogP contribution in [-0.4, -0.2) is 41.4 Å². The van der Waals surface area contributed by atoms with Gasteiger partial charge in [-0.1, -0.05) is 19.1 Å². The highest BCUT2D eigenvalue weighted by Gasteiger charge is 2.31. The molecule has 4 nitrogen and oxygen atoms in total. The Balaban J connectivity index is 1.94. The van der Waals surface area contributed by atoms with Crippen molar-refractivity contribution in [2.24, 2.45) is 0 Å². The molecule has 1 aliphatic rings. The second-order valence-corrected chi connectivity index (χ2v) is 5.86. The highest BCUT2D eigenvalue weighted by molar-refractivity contribution is 5.78. The number of nitrogens with two attached hydrogens (primary N) is 1. The van der Waals surface area contributed by atoms with Gasteiger partial charge in [0.25, 0.3) is 0 Å². The molecule has 0 unspecified atom stereocenters. The molecule has 1 aromatic carbocycles. The van der Waals surface area contributed by atoms with Gasteiger partial charge in [0.1, 0.15) is 0 Å². The third-order valence-corrected chi connectivity index (χ3v) is 3.93. The van der Waals surface area contributed by atoms with E-state index in [4.69, 9.17) is 5.73 Å². The van der Waals surface area contributed by atoms with Crippen molar-refractivity contribution < 1.29 is 4.79 Å². The highest BCUT2D eigenvalue weighted by atomic mass is 16.2. The average molecular weight is 289 g/mol. The maximum atomic E-state index is 12.4. The van der Waals surface area contributed by atoms with E-state index in [0.717, 1.165) is 31.7 Å². The average Bonchev–Trinajstić information content (AvgIpc) is 3.27. The van der Waals surface area contributed by atoms with Crippen molar-refractivity contribution in [3.8, 4) is 0 Å². The first-order valence-corrected chi connectivity index (χ1v) is 8.00. The van der Waals surface area contributed by atoms with Crippen molar-refractivity contribution in [2.45, 2.75) is 45.7 Å². The van der Waals surface area contributed by atoms with Crippen LogP contribution in [-0.2, 0) is 11.3 Å². The van der Waals surface area contributed by atoms with E-state index in [1.165, 1.54) is 18.4 Å². The fourth-order valence-corrected chi connectivity index (χ4v) is 2.72. The first-order valence-electron chi connectivity index (χ1n) is 8.00. The van der Waals surface area contributed by atoms with Gasteiger partial charge in [-0.25, -0.2) is 0 Å². The number of hydrogen-bond donors (Lipinski definition) is 1. The number of benzene rings is 1. The molecule has 2 rings (SSSR count). The molecule has 0 spiro atoms. The molecule has 116 valence electrons. The van der Waals surface area contributed by atoms with Gasteiger partial charge in [-0.15, -0.1) is 0 Å². The summed E-state index contributed by atoms with van der Waals surface area (Å²) >= 11 is 0. The molecule has 0 heterocycles. The van der Waals surface area contributed by atoms with Crippen molar-refractivity contribution in [2.75, 3.05) is 25.4 Å². The van der Waals surface area contributed by atoms with Crippen molar-refractivity contribution in [3.05, 3.63) is 29.8 Å². The van der Waals surface area contributed by atoms with Crippen LogP contribution >= 0.6 is 0 Å². The molecule has 1 amide bonds. The zero-order valence-electron chi connectivity index (χ0n) is 13.2. The van der Waals surface area contributed by atoms with Gasteiger partial charge < -0.3 is 10.6 Å². The number of anilines is 1. The Morgan fingerprint density at radius 1 is 1.24 bits per heavy atom. The lowest BCUT2D eigenvalue weighted by molar-refractivity contribution is -0.132. The summed E-state index contributed by atoms with van der Waals surface area (Å²) < 4.78 is 0. The predicted octanol–water partition coefficient (Wildman–Crippen LogP) is 2.49. The molecule has 4 heteroatoms. The van der Waals surface area contributed by atoms with E-state index in [0.29, 0.717) is 12.6 Å². The van der Waals surface area contributed by atoms with Crippen LogP contribution in [0.2, 0.25) is 0 Å². The largest absolute Gasteiger partial charge is 0.399 e. The number of carbonyl (C=O) groups excluding carboxylic acids is 1. The topological polar surface area (TPSA) is 49.6 Å². The van der Waals surface area contributed by atoms with E-state index < -0.39 is 0 Å². The van der Waals surface area contributed by atoms with E-state index in [2.05, 4.69) is 18.7 Å². The minimum absolute atomic E-state index is 0.267. The van der Waals surface area contributed by atoms with Crippen LogP contribution in [0.15, 0.2) is 24.3 Å². The van der Waals surface area contributed by atoms with Crippen LogP contribution < -0.4 is 5.73 Å². The highest BCUT2D eigenvalue weighted by Crippen LogP contribution is 2.26. The van der Waals surface area contributed by atoms with Crippen LogP contribution in [0.5, 0.6) is 0 Å². The SMILES string of the molecule is CCCN(CC(=O)N(CC)C1CC1)Cc1ccc(N)cc1. The molecule has 0 atom stereocenters. The Labute approximate surface area is 127 Å². The van der Waals surface area contributed by atoms with Gasteiger partial charge in [0.2, 0.25) is 5.91 Å². The molecule has 1 aliphatic carbocycles. The van der Waals surface area contributed by atoms with Crippen LogP contribution in [0.4, 0.5) is 5.69 Å². The number of rotatable bonds is 8. The van der Waals surface area contributed by atoms with E-state index in [9.17, 15) is 4.79 Å². The fraction of sp³-hybridized carbons (Fsp3) is 0.588. The van der Waals surface area contributed by atoms with Gasteiger partial charge in [-0.05, 0) is 50.4 Å². The van der Waals surface area contributed by atoms with Gasteiger partial charge in [0.15, 0.2) is 0 Å². The van der Waals surface area contributed by atoms with E-state index in [1.807, 2.05) is 29.2 Å². The zero-order valence-corrected chi connectivity index (χ0v) is 13.2. The number of likely N-dealkylation sites (N-methyl/N-ethyl adjacent to an activating group) is 1. The molecule has 0 aromatic heterocycles. The third-order valence-electron chi connectivity index (χ3n) is 3.93. The standard InChI is InChI=1S/C17H27N3O/c1-3-11-19(12-14-5-7-15(18)8-6-14)13-17(21)20(4-2)16-9-10-16/h5-8,16H,3-4,9-13,18H2,1-2H3. The van der Waals surface area contributed by atoms with Gasteiger partial charge in [-0.3, -0.25) is 9.69 Å². The molecule has 21 heavy (non-hydrogen) atoms. The first kappa shape index (κ1) is 15.8. The van der Waals surface area contributed by atoms with Gasteiger partial charge in [-0.2, -0.15) is 0 Å². The number of nitrogen functional groups attached to an aromatic ring is 1. The maximum absolute atomic E-state index is 12.4. The Morgan fingerprint density at radius 2 is 1.90 bits per heavy atom. The summed E-state index contributed by atoms with van der Waals surface area (Å²) in [7, 11) is 0. The quantitative estimate of drug-likeness (QED) is 0.748. The van der Waals surface area contributed by atoms with E-state index >= 15 is 0 Å². The molecule has 0 radical (unpaired) electrons. The summed E-state index contributed by atoms with van der Waals surface area (Å²) in [6.45, 7) is 7.31. The second kappa shape index (κ2) is 7.46. The van der Waals surface area contributed by atoms with Crippen molar-refractivity contribution in [1.29, 1.82) is 0 Å². The Hall–Kier alpha value is -1.55. The Morgan fingerprint density at radius 3 is 2.43 bits per heavy atom. The predicted molar refractivity (Wildman–Crippen MR) is 86.8 cm³/mol. The summed E-state index contributed by atoms with van der Waals surface area (Å²) in [6.07, 6.45) is 3.40. The fourth-order valence-electron chi connectivity index (χ4n) is 2.72. The minimum Gasteiger partial charge on any atom is -0.399 e. The van der Waals surface area contributed by atoms with Gasteiger partial charge in [0.05, 0.1) is 6.54 Å². The van der Waals surface area contributed by atoms with Crippen LogP contribution in [0.25, 0.3) is 0 Å². The molecule has 2 N–H and O–H groups in total. The summed E-state index contributed by atoms with van der Waals surface area (Å²) in [5.41, 5.74) is 7.71. The smallest absolute Gasteiger partial charge is 0.236 e. The maximum Gasteiger partial charge on any atom is 0.236 e. The number of hydrogen-bond acceptors (Lipinski definition) is 3. The summed E-state index contributed by atoms with van der Waals surface area (Å²) in [5.74, 6) is 0.267. The van der Waals surface area contributed by atoms with Gasteiger partial charge in [0, 0.05) is 24.8 Å². The number of nitrogens with zero attached hydrogens (tertiary/aromatic N) is 2. The molecule has 0 aliphatic heterocycles. The molecule has 0 saturated heterocycles. The van der Waals surface area contributed by atoms with E-state index in [-0.39, 0.29) is 5.91 Å². The van der Waals surface area contributed by atoms with Crippen LogP contribution in [0.3, 0.4) is 0 Å². The number of carbonyl (C=O) groups is 1. The summed E-state index contributed by atoms with van der Waals surface area (Å²) in [6, 6.07) is 8.43. The third kappa shape index (κ3) is 4.74.